The fourth-order valence-corrected chi connectivity index (χ4v) is 1.94. The van der Waals surface area contributed by atoms with Crippen LogP contribution in [0.2, 0.25) is 0 Å². The van der Waals surface area contributed by atoms with E-state index in [2.05, 4.69) is 0 Å². The summed E-state index contributed by atoms with van der Waals surface area (Å²) < 4.78 is 5.37. The van der Waals surface area contributed by atoms with Crippen molar-refractivity contribution in [2.24, 2.45) is 11.5 Å². The summed E-state index contributed by atoms with van der Waals surface area (Å²) >= 11 is 0. The zero-order chi connectivity index (χ0) is 13.8. The van der Waals surface area contributed by atoms with Crippen molar-refractivity contribution < 1.29 is 9.53 Å². The molecule has 0 aliphatic carbocycles. The minimum absolute atomic E-state index is 0.0260. The van der Waals surface area contributed by atoms with Crippen LogP contribution in [-0.2, 0) is 4.79 Å². The largest absolute Gasteiger partial charge is 0.482 e. The molecule has 2 rings (SSSR count). The van der Waals surface area contributed by atoms with Crippen LogP contribution in [-0.4, -0.2) is 31.8 Å². The number of hydrogen-bond acceptors (Lipinski definition) is 5. The van der Waals surface area contributed by atoms with Crippen LogP contribution in [0.25, 0.3) is 5.70 Å². The maximum atomic E-state index is 11.8. The van der Waals surface area contributed by atoms with E-state index in [0.717, 1.165) is 11.8 Å². The van der Waals surface area contributed by atoms with Crippen molar-refractivity contribution >= 4 is 23.5 Å². The molecule has 1 aromatic carbocycles. The number of nitrogens with one attached hydrogen (secondary N) is 1. The summed E-state index contributed by atoms with van der Waals surface area (Å²) in [6.45, 7) is 0.840. The minimum Gasteiger partial charge on any atom is -0.482 e. The van der Waals surface area contributed by atoms with Crippen molar-refractivity contribution in [1.29, 1.82) is 5.41 Å². The van der Waals surface area contributed by atoms with Crippen LogP contribution < -0.4 is 21.1 Å². The quantitative estimate of drug-likeness (QED) is 0.678. The number of nitrogens with zero attached hydrogens (tertiary/aromatic N) is 1. The number of rotatable bonds is 4. The topological polar surface area (TPSA) is 105 Å². The van der Waals surface area contributed by atoms with Gasteiger partial charge in [0.2, 0.25) is 0 Å². The standard InChI is InChI=1S/C13H16N4O2/c14-4-3-10(16)9-1-2-12-11(7-9)17(6-5-15)13(18)8-19-12/h1-4,7,14H,5-6,8,15-16H2. The number of ether oxygens (including phenoxy) is 1. The van der Waals surface area contributed by atoms with E-state index in [9.17, 15) is 4.79 Å². The van der Waals surface area contributed by atoms with Gasteiger partial charge in [-0.3, -0.25) is 4.79 Å². The van der Waals surface area contributed by atoms with Gasteiger partial charge in [-0.15, -0.1) is 0 Å². The Morgan fingerprint density at radius 2 is 2.32 bits per heavy atom. The lowest BCUT2D eigenvalue weighted by molar-refractivity contribution is -0.121. The third-order valence-corrected chi connectivity index (χ3v) is 2.85. The normalized spacial score (nSPS) is 14.9. The van der Waals surface area contributed by atoms with E-state index in [1.165, 1.54) is 6.08 Å². The lowest BCUT2D eigenvalue weighted by Crippen LogP contribution is -2.41. The van der Waals surface area contributed by atoms with E-state index < -0.39 is 0 Å². The van der Waals surface area contributed by atoms with Crippen molar-refractivity contribution in [3.63, 3.8) is 0 Å². The zero-order valence-electron chi connectivity index (χ0n) is 10.4. The summed E-state index contributed by atoms with van der Waals surface area (Å²) in [6.07, 6.45) is 2.61. The zero-order valence-corrected chi connectivity index (χ0v) is 10.4. The second kappa shape index (κ2) is 5.53. The van der Waals surface area contributed by atoms with Crippen LogP contribution in [0, 0.1) is 5.41 Å². The number of allylic oxidation sites excluding steroid dienone is 1. The van der Waals surface area contributed by atoms with Crippen LogP contribution in [0.3, 0.4) is 0 Å². The van der Waals surface area contributed by atoms with Gasteiger partial charge in [-0.1, -0.05) is 0 Å². The van der Waals surface area contributed by atoms with Crippen molar-refractivity contribution in [3.05, 3.63) is 29.8 Å². The van der Waals surface area contributed by atoms with E-state index in [0.29, 0.717) is 30.2 Å². The minimum atomic E-state index is -0.121. The van der Waals surface area contributed by atoms with E-state index >= 15 is 0 Å². The molecule has 0 bridgehead atoms. The number of fused-ring (bicyclic) bond motifs is 1. The SMILES string of the molecule is N=CC=C(N)c1ccc2c(c1)N(CCN)C(=O)CO2. The highest BCUT2D eigenvalue weighted by atomic mass is 16.5. The van der Waals surface area contributed by atoms with Crippen LogP contribution in [0.4, 0.5) is 5.69 Å². The monoisotopic (exact) mass is 260 g/mol. The smallest absolute Gasteiger partial charge is 0.265 e. The molecule has 1 aliphatic rings. The van der Waals surface area contributed by atoms with Gasteiger partial charge in [-0.25, -0.2) is 0 Å². The molecule has 5 N–H and O–H groups in total. The van der Waals surface area contributed by atoms with E-state index in [1.54, 1.807) is 23.1 Å². The molecule has 19 heavy (non-hydrogen) atoms. The highest BCUT2D eigenvalue weighted by Gasteiger charge is 2.25. The molecule has 6 heteroatoms. The molecule has 0 unspecified atom stereocenters. The molecule has 0 aromatic heterocycles. The number of benzene rings is 1. The first-order valence-corrected chi connectivity index (χ1v) is 5.91. The van der Waals surface area contributed by atoms with E-state index in [4.69, 9.17) is 21.6 Å². The summed E-state index contributed by atoms with van der Waals surface area (Å²) in [5.74, 6) is 0.518. The van der Waals surface area contributed by atoms with Crippen LogP contribution in [0.15, 0.2) is 24.3 Å². The first kappa shape index (κ1) is 13.1. The van der Waals surface area contributed by atoms with Crippen LogP contribution in [0.1, 0.15) is 5.56 Å². The highest BCUT2D eigenvalue weighted by molar-refractivity contribution is 5.98. The summed E-state index contributed by atoms with van der Waals surface area (Å²) in [6, 6.07) is 5.34. The maximum absolute atomic E-state index is 11.8. The number of anilines is 1. The van der Waals surface area contributed by atoms with Gasteiger partial charge < -0.3 is 26.5 Å². The fraction of sp³-hybridized carbons (Fsp3) is 0.231. The molecule has 1 heterocycles. The molecular formula is C13H16N4O2. The van der Waals surface area contributed by atoms with Crippen molar-refractivity contribution in [3.8, 4) is 5.75 Å². The van der Waals surface area contributed by atoms with Gasteiger partial charge in [0, 0.05) is 25.0 Å². The molecular weight excluding hydrogens is 244 g/mol. The lowest BCUT2D eigenvalue weighted by Gasteiger charge is -2.29. The number of carbonyl (C=O) groups is 1. The van der Waals surface area contributed by atoms with Gasteiger partial charge in [-0.05, 0) is 29.8 Å². The van der Waals surface area contributed by atoms with Gasteiger partial charge >= 0.3 is 0 Å². The summed E-state index contributed by atoms with van der Waals surface area (Å²) in [7, 11) is 0. The van der Waals surface area contributed by atoms with Crippen LogP contribution in [0.5, 0.6) is 5.75 Å². The molecule has 0 saturated heterocycles. The van der Waals surface area contributed by atoms with Crippen molar-refractivity contribution in [1.82, 2.24) is 0 Å². The Morgan fingerprint density at radius 1 is 1.53 bits per heavy atom. The molecule has 0 saturated carbocycles. The number of amides is 1. The summed E-state index contributed by atoms with van der Waals surface area (Å²) in [5.41, 5.74) is 13.2. The number of carbonyl (C=O) groups excluding carboxylic acids is 1. The van der Waals surface area contributed by atoms with Gasteiger partial charge in [-0.2, -0.15) is 0 Å². The Hall–Kier alpha value is -2.34. The first-order valence-electron chi connectivity index (χ1n) is 5.91. The second-order valence-corrected chi connectivity index (χ2v) is 4.09. The summed E-state index contributed by atoms with van der Waals surface area (Å²) in [4.78, 5) is 13.4. The molecule has 0 fully saturated rings. The first-order chi connectivity index (χ1) is 9.17. The van der Waals surface area contributed by atoms with E-state index in [-0.39, 0.29) is 12.5 Å². The predicted molar refractivity (Wildman–Crippen MR) is 74.3 cm³/mol. The molecule has 0 radical (unpaired) electrons. The van der Waals surface area contributed by atoms with Gasteiger partial charge in [0.15, 0.2) is 6.61 Å². The third kappa shape index (κ3) is 2.58. The average Bonchev–Trinajstić information content (AvgIpc) is 2.42. The number of nitrogens with two attached hydrogens (primary N) is 2. The Kier molecular flexibility index (Phi) is 3.82. The predicted octanol–water partition coefficient (Wildman–Crippen LogP) is 0.320. The molecule has 1 amide bonds. The third-order valence-electron chi connectivity index (χ3n) is 2.85. The molecule has 1 aliphatic heterocycles. The summed E-state index contributed by atoms with van der Waals surface area (Å²) in [5, 5.41) is 7.02. The Labute approximate surface area is 111 Å². The molecule has 100 valence electrons. The van der Waals surface area contributed by atoms with Gasteiger partial charge in [0.25, 0.3) is 5.91 Å². The van der Waals surface area contributed by atoms with Crippen molar-refractivity contribution in [2.75, 3.05) is 24.6 Å². The molecule has 0 spiro atoms. The number of hydrogen-bond donors (Lipinski definition) is 3. The van der Waals surface area contributed by atoms with Crippen molar-refractivity contribution in [2.45, 2.75) is 0 Å². The Bertz CT molecular complexity index is 539. The van der Waals surface area contributed by atoms with E-state index in [1.807, 2.05) is 0 Å². The molecule has 0 atom stereocenters. The second-order valence-electron chi connectivity index (χ2n) is 4.09. The van der Waals surface area contributed by atoms with Gasteiger partial charge in [0.05, 0.1) is 5.69 Å². The van der Waals surface area contributed by atoms with Crippen LogP contribution >= 0.6 is 0 Å². The molecule has 6 nitrogen and oxygen atoms in total. The fourth-order valence-electron chi connectivity index (χ4n) is 1.94. The average molecular weight is 260 g/mol. The Balaban J connectivity index is 2.43. The molecule has 1 aromatic rings. The van der Waals surface area contributed by atoms with Gasteiger partial charge in [0.1, 0.15) is 5.75 Å². The highest BCUT2D eigenvalue weighted by Crippen LogP contribution is 2.33. The Morgan fingerprint density at radius 3 is 3.00 bits per heavy atom. The lowest BCUT2D eigenvalue weighted by atomic mass is 10.1. The maximum Gasteiger partial charge on any atom is 0.265 e.